The van der Waals surface area contributed by atoms with E-state index in [9.17, 15) is 0 Å². The van der Waals surface area contributed by atoms with Gasteiger partial charge in [-0.1, -0.05) is 6.92 Å². The molecular weight excluding hydrogens is 226 g/mol. The van der Waals surface area contributed by atoms with Gasteiger partial charge in [-0.3, -0.25) is 4.68 Å². The highest BCUT2D eigenvalue weighted by Crippen LogP contribution is 2.01. The molecule has 0 aliphatic rings. The van der Waals surface area contributed by atoms with Crippen LogP contribution in [0.1, 0.15) is 26.0 Å². The van der Waals surface area contributed by atoms with E-state index < -0.39 is 0 Å². The number of nitrogens with one attached hydrogen (secondary N) is 1. The van der Waals surface area contributed by atoms with Gasteiger partial charge in [-0.15, -0.1) is 0 Å². The Bertz CT molecular complexity index is 446. The van der Waals surface area contributed by atoms with Gasteiger partial charge in [-0.2, -0.15) is 5.10 Å². The second-order valence-corrected chi connectivity index (χ2v) is 4.59. The molecule has 0 bridgehead atoms. The van der Waals surface area contributed by atoms with Gasteiger partial charge in [-0.25, -0.2) is 4.98 Å². The monoisotopic (exact) mass is 247 g/mol. The highest BCUT2D eigenvalue weighted by atomic mass is 15.3. The van der Waals surface area contributed by atoms with E-state index in [2.05, 4.69) is 33.8 Å². The van der Waals surface area contributed by atoms with Crippen molar-refractivity contribution in [3.8, 4) is 0 Å². The third-order valence-electron chi connectivity index (χ3n) is 2.91. The molecule has 1 N–H and O–H groups in total. The molecule has 5 nitrogen and oxygen atoms in total. The highest BCUT2D eigenvalue weighted by Gasteiger charge is 2.05. The molecule has 0 aromatic carbocycles. The molecular formula is C13H21N5. The van der Waals surface area contributed by atoms with Crippen LogP contribution in [0.25, 0.3) is 0 Å². The van der Waals surface area contributed by atoms with Crippen molar-refractivity contribution < 1.29 is 0 Å². The Hall–Kier alpha value is -1.62. The van der Waals surface area contributed by atoms with E-state index in [1.165, 1.54) is 5.69 Å². The normalized spacial score (nSPS) is 12.8. The number of hydrogen-bond donors (Lipinski definition) is 1. The Kier molecular flexibility index (Phi) is 4.52. The molecule has 18 heavy (non-hydrogen) atoms. The molecule has 0 fully saturated rings. The fourth-order valence-corrected chi connectivity index (χ4v) is 1.97. The first-order valence-corrected chi connectivity index (χ1v) is 6.49. The van der Waals surface area contributed by atoms with Gasteiger partial charge in [0.1, 0.15) is 0 Å². The van der Waals surface area contributed by atoms with E-state index in [-0.39, 0.29) is 0 Å². The summed E-state index contributed by atoms with van der Waals surface area (Å²) in [6.45, 7) is 7.11. The summed E-state index contributed by atoms with van der Waals surface area (Å²) >= 11 is 0. The van der Waals surface area contributed by atoms with Crippen molar-refractivity contribution in [1.29, 1.82) is 0 Å². The lowest BCUT2D eigenvalue weighted by molar-refractivity contribution is 0.443. The molecule has 98 valence electrons. The topological polar surface area (TPSA) is 47.7 Å². The van der Waals surface area contributed by atoms with Gasteiger partial charge in [0, 0.05) is 37.7 Å². The summed E-state index contributed by atoms with van der Waals surface area (Å²) < 4.78 is 4.15. The summed E-state index contributed by atoms with van der Waals surface area (Å²) in [6.07, 6.45) is 8.76. The van der Waals surface area contributed by atoms with E-state index in [1.54, 1.807) is 0 Å². The van der Waals surface area contributed by atoms with Gasteiger partial charge in [0.15, 0.2) is 0 Å². The number of rotatable bonds is 7. The molecule has 1 unspecified atom stereocenters. The lowest BCUT2D eigenvalue weighted by Gasteiger charge is -2.14. The van der Waals surface area contributed by atoms with E-state index in [4.69, 9.17) is 0 Å². The third-order valence-corrected chi connectivity index (χ3v) is 2.91. The number of hydrogen-bond acceptors (Lipinski definition) is 3. The van der Waals surface area contributed by atoms with Gasteiger partial charge in [-0.05, 0) is 19.4 Å². The van der Waals surface area contributed by atoms with E-state index in [0.717, 1.165) is 26.1 Å². The summed E-state index contributed by atoms with van der Waals surface area (Å²) in [4.78, 5) is 4.20. The van der Waals surface area contributed by atoms with Crippen LogP contribution in [-0.4, -0.2) is 25.4 Å². The van der Waals surface area contributed by atoms with Crippen LogP contribution in [0.3, 0.4) is 0 Å². The van der Waals surface area contributed by atoms with Crippen LogP contribution in [0, 0.1) is 0 Å². The van der Waals surface area contributed by atoms with Crippen LogP contribution in [-0.2, 0) is 19.6 Å². The van der Waals surface area contributed by atoms with Crippen LogP contribution in [0.4, 0.5) is 0 Å². The molecule has 2 rings (SSSR count). The van der Waals surface area contributed by atoms with Gasteiger partial charge in [0.05, 0.1) is 18.6 Å². The SMILES string of the molecule is CCCn1cncc1CNC(C)Cn1cccn1. The number of imidazole rings is 1. The molecule has 2 aromatic rings. The Labute approximate surface area is 108 Å². The summed E-state index contributed by atoms with van der Waals surface area (Å²) in [7, 11) is 0. The Balaban J connectivity index is 1.81. The van der Waals surface area contributed by atoms with Crippen LogP contribution >= 0.6 is 0 Å². The standard InChI is InChI=1S/C13H21N5/c1-3-6-17-11-14-8-13(17)9-15-12(2)10-18-7-4-5-16-18/h4-5,7-8,11-12,15H,3,6,9-10H2,1-2H3. The molecule has 0 saturated carbocycles. The zero-order valence-electron chi connectivity index (χ0n) is 11.1. The first-order valence-electron chi connectivity index (χ1n) is 6.49. The zero-order valence-corrected chi connectivity index (χ0v) is 11.1. The summed E-state index contributed by atoms with van der Waals surface area (Å²) in [5.74, 6) is 0. The first-order chi connectivity index (χ1) is 8.79. The molecule has 0 aliphatic heterocycles. The number of aromatic nitrogens is 4. The van der Waals surface area contributed by atoms with Crippen molar-refractivity contribution in [2.75, 3.05) is 0 Å². The molecule has 2 aromatic heterocycles. The van der Waals surface area contributed by atoms with Crippen LogP contribution in [0.2, 0.25) is 0 Å². The van der Waals surface area contributed by atoms with E-state index >= 15 is 0 Å². The number of nitrogens with zero attached hydrogens (tertiary/aromatic N) is 4. The van der Waals surface area contributed by atoms with Crippen molar-refractivity contribution in [1.82, 2.24) is 24.6 Å². The lowest BCUT2D eigenvalue weighted by atomic mass is 10.3. The van der Waals surface area contributed by atoms with Crippen molar-refractivity contribution in [3.63, 3.8) is 0 Å². The average molecular weight is 247 g/mol. The lowest BCUT2D eigenvalue weighted by Crippen LogP contribution is -2.30. The predicted molar refractivity (Wildman–Crippen MR) is 71.0 cm³/mol. The minimum atomic E-state index is 0.384. The molecule has 0 amide bonds. The smallest absolute Gasteiger partial charge is 0.0948 e. The maximum absolute atomic E-state index is 4.21. The fourth-order valence-electron chi connectivity index (χ4n) is 1.97. The summed E-state index contributed by atoms with van der Waals surface area (Å²) in [6, 6.07) is 2.33. The second kappa shape index (κ2) is 6.35. The van der Waals surface area contributed by atoms with Crippen molar-refractivity contribution in [3.05, 3.63) is 36.7 Å². The molecule has 5 heteroatoms. The van der Waals surface area contributed by atoms with Gasteiger partial charge >= 0.3 is 0 Å². The fraction of sp³-hybridized carbons (Fsp3) is 0.538. The highest BCUT2D eigenvalue weighted by molar-refractivity contribution is 4.98. The Morgan fingerprint density at radius 1 is 1.44 bits per heavy atom. The second-order valence-electron chi connectivity index (χ2n) is 4.59. The van der Waals surface area contributed by atoms with Crippen LogP contribution in [0.5, 0.6) is 0 Å². The minimum absolute atomic E-state index is 0.384. The number of aryl methyl sites for hydroxylation is 1. The maximum Gasteiger partial charge on any atom is 0.0948 e. The van der Waals surface area contributed by atoms with Crippen LogP contribution < -0.4 is 5.32 Å². The molecule has 0 aliphatic carbocycles. The predicted octanol–water partition coefficient (Wildman–Crippen LogP) is 1.67. The van der Waals surface area contributed by atoms with Gasteiger partial charge in [0.25, 0.3) is 0 Å². The van der Waals surface area contributed by atoms with Crippen molar-refractivity contribution in [2.45, 2.75) is 45.9 Å². The Morgan fingerprint density at radius 3 is 3.06 bits per heavy atom. The van der Waals surface area contributed by atoms with Gasteiger partial charge in [0.2, 0.25) is 0 Å². The maximum atomic E-state index is 4.21. The van der Waals surface area contributed by atoms with E-state index in [0.29, 0.717) is 6.04 Å². The Morgan fingerprint density at radius 2 is 2.33 bits per heavy atom. The molecule has 2 heterocycles. The van der Waals surface area contributed by atoms with Crippen molar-refractivity contribution >= 4 is 0 Å². The average Bonchev–Trinajstić information content (AvgIpc) is 2.99. The molecule has 0 spiro atoms. The third kappa shape index (κ3) is 3.43. The molecule has 1 atom stereocenters. The van der Waals surface area contributed by atoms with E-state index in [1.807, 2.05) is 35.7 Å². The largest absolute Gasteiger partial charge is 0.333 e. The van der Waals surface area contributed by atoms with Crippen LogP contribution in [0.15, 0.2) is 31.0 Å². The summed E-state index contributed by atoms with van der Waals surface area (Å²) in [5, 5.41) is 7.71. The van der Waals surface area contributed by atoms with Gasteiger partial charge < -0.3 is 9.88 Å². The summed E-state index contributed by atoms with van der Waals surface area (Å²) in [5.41, 5.74) is 1.24. The molecule has 0 saturated heterocycles. The minimum Gasteiger partial charge on any atom is -0.333 e. The quantitative estimate of drug-likeness (QED) is 0.809. The first kappa shape index (κ1) is 12.8. The van der Waals surface area contributed by atoms with Crippen molar-refractivity contribution in [2.24, 2.45) is 0 Å². The zero-order chi connectivity index (χ0) is 12.8. The molecule has 0 radical (unpaired) electrons.